The molecule has 3 nitrogen and oxygen atoms in total. The van der Waals surface area contributed by atoms with Gasteiger partial charge in [0.15, 0.2) is 0 Å². The van der Waals surface area contributed by atoms with E-state index in [4.69, 9.17) is 4.74 Å². The molecule has 0 aromatic heterocycles. The Bertz CT molecular complexity index is 370. The smallest absolute Gasteiger partial charge is 0.227 e. The summed E-state index contributed by atoms with van der Waals surface area (Å²) in [4.78, 5) is 13.8. The first-order valence-electron chi connectivity index (χ1n) is 5.74. The van der Waals surface area contributed by atoms with Crippen molar-refractivity contribution in [1.82, 2.24) is 4.90 Å². The highest BCUT2D eigenvalue weighted by Gasteiger charge is 2.13. The number of hydrogen-bond donors (Lipinski definition) is 0. The summed E-state index contributed by atoms with van der Waals surface area (Å²) in [6.45, 7) is 1.73. The van der Waals surface area contributed by atoms with E-state index in [1.54, 1.807) is 24.1 Å². The fraction of sp³-hybridized carbons (Fsp3) is 0.462. The quantitative estimate of drug-likeness (QED) is 0.722. The van der Waals surface area contributed by atoms with Gasteiger partial charge in [0.1, 0.15) is 5.82 Å². The molecule has 1 aromatic carbocycles. The highest BCUT2D eigenvalue weighted by atomic mass is 79.9. The van der Waals surface area contributed by atoms with Crippen LogP contribution >= 0.6 is 15.9 Å². The summed E-state index contributed by atoms with van der Waals surface area (Å²) in [6.07, 6.45) is 0.289. The number of halogens is 2. The van der Waals surface area contributed by atoms with Crippen molar-refractivity contribution in [1.29, 1.82) is 0 Å². The Kier molecular flexibility index (Phi) is 6.90. The third-order valence-corrected chi connectivity index (χ3v) is 2.90. The molecule has 0 aliphatic carbocycles. The lowest BCUT2D eigenvalue weighted by atomic mass is 10.1. The number of nitrogens with zero attached hydrogens (tertiary/aromatic N) is 1. The van der Waals surface area contributed by atoms with E-state index in [2.05, 4.69) is 15.9 Å². The van der Waals surface area contributed by atoms with Crippen molar-refractivity contribution in [2.24, 2.45) is 0 Å². The highest BCUT2D eigenvalue weighted by molar-refractivity contribution is 9.09. The Morgan fingerprint density at radius 2 is 2.00 bits per heavy atom. The third-order valence-electron chi connectivity index (χ3n) is 2.54. The van der Waals surface area contributed by atoms with Crippen molar-refractivity contribution in [3.63, 3.8) is 0 Å². The van der Waals surface area contributed by atoms with E-state index in [1.807, 2.05) is 0 Å². The maximum Gasteiger partial charge on any atom is 0.227 e. The highest BCUT2D eigenvalue weighted by Crippen LogP contribution is 2.06. The number of alkyl halides is 1. The van der Waals surface area contributed by atoms with Gasteiger partial charge in [0.2, 0.25) is 5.91 Å². The standard InChI is InChI=1S/C13H17BrFNO2/c1-18-9-8-16(7-6-14)13(17)10-11-2-4-12(15)5-3-11/h2-5H,6-10H2,1H3. The van der Waals surface area contributed by atoms with E-state index in [1.165, 1.54) is 12.1 Å². The van der Waals surface area contributed by atoms with Gasteiger partial charge in [-0.25, -0.2) is 4.39 Å². The molecule has 0 aliphatic rings. The van der Waals surface area contributed by atoms with E-state index in [0.29, 0.717) is 19.7 Å². The van der Waals surface area contributed by atoms with Crippen LogP contribution in [-0.4, -0.2) is 42.9 Å². The van der Waals surface area contributed by atoms with Crippen LogP contribution in [0.5, 0.6) is 0 Å². The van der Waals surface area contributed by atoms with Crippen LogP contribution in [0.1, 0.15) is 5.56 Å². The number of hydrogen-bond acceptors (Lipinski definition) is 2. The van der Waals surface area contributed by atoms with Crippen LogP contribution in [0.15, 0.2) is 24.3 Å². The molecule has 0 aliphatic heterocycles. The molecule has 0 heterocycles. The van der Waals surface area contributed by atoms with Gasteiger partial charge in [-0.05, 0) is 17.7 Å². The summed E-state index contributed by atoms with van der Waals surface area (Å²) in [7, 11) is 1.61. The van der Waals surface area contributed by atoms with Gasteiger partial charge in [-0.1, -0.05) is 28.1 Å². The van der Waals surface area contributed by atoms with Crippen LogP contribution in [0.4, 0.5) is 4.39 Å². The van der Waals surface area contributed by atoms with Gasteiger partial charge < -0.3 is 9.64 Å². The average molecular weight is 318 g/mol. The molecule has 0 atom stereocenters. The molecule has 0 N–H and O–H groups in total. The van der Waals surface area contributed by atoms with Gasteiger partial charge in [0.05, 0.1) is 13.0 Å². The van der Waals surface area contributed by atoms with Crippen LogP contribution in [-0.2, 0) is 16.0 Å². The van der Waals surface area contributed by atoms with Crippen molar-refractivity contribution in [3.05, 3.63) is 35.6 Å². The molecule has 1 aromatic rings. The lowest BCUT2D eigenvalue weighted by molar-refractivity contribution is -0.130. The zero-order chi connectivity index (χ0) is 13.4. The fourth-order valence-corrected chi connectivity index (χ4v) is 1.98. The molecule has 1 amide bonds. The summed E-state index contributed by atoms with van der Waals surface area (Å²) >= 11 is 3.32. The molecule has 0 spiro atoms. The van der Waals surface area contributed by atoms with Gasteiger partial charge in [-0.15, -0.1) is 0 Å². The van der Waals surface area contributed by atoms with Crippen LogP contribution in [0.25, 0.3) is 0 Å². The predicted molar refractivity (Wildman–Crippen MR) is 72.4 cm³/mol. The molecule has 18 heavy (non-hydrogen) atoms. The lowest BCUT2D eigenvalue weighted by Gasteiger charge is -2.21. The third kappa shape index (κ3) is 5.14. The molecule has 1 rings (SSSR count). The SMILES string of the molecule is COCCN(CCBr)C(=O)Cc1ccc(F)cc1. The molecule has 0 bridgehead atoms. The Hall–Kier alpha value is -0.940. The average Bonchev–Trinajstić information content (AvgIpc) is 2.37. The van der Waals surface area contributed by atoms with Crippen LogP contribution in [0.3, 0.4) is 0 Å². The Labute approximate surface area is 115 Å². The summed E-state index contributed by atoms with van der Waals surface area (Å²) in [5.41, 5.74) is 0.818. The summed E-state index contributed by atoms with van der Waals surface area (Å²) in [5, 5.41) is 0.728. The van der Waals surface area contributed by atoms with Crippen LogP contribution in [0, 0.1) is 5.82 Å². The summed E-state index contributed by atoms with van der Waals surface area (Å²) < 4.78 is 17.7. The Balaban J connectivity index is 2.57. The second-order valence-corrected chi connectivity index (χ2v) is 4.66. The molecule has 0 radical (unpaired) electrons. The monoisotopic (exact) mass is 317 g/mol. The second-order valence-electron chi connectivity index (χ2n) is 3.87. The fourth-order valence-electron chi connectivity index (χ4n) is 1.55. The molecular weight excluding hydrogens is 301 g/mol. The molecule has 0 unspecified atom stereocenters. The number of carbonyl (C=O) groups excluding carboxylic acids is 1. The van der Waals surface area contributed by atoms with Crippen molar-refractivity contribution >= 4 is 21.8 Å². The number of methoxy groups -OCH3 is 1. The number of ether oxygens (including phenoxy) is 1. The number of rotatable bonds is 7. The maximum absolute atomic E-state index is 12.8. The van der Waals surface area contributed by atoms with Crippen molar-refractivity contribution in [3.8, 4) is 0 Å². The van der Waals surface area contributed by atoms with Gasteiger partial charge in [0.25, 0.3) is 0 Å². The zero-order valence-corrected chi connectivity index (χ0v) is 12.0. The van der Waals surface area contributed by atoms with E-state index >= 15 is 0 Å². The van der Waals surface area contributed by atoms with Gasteiger partial charge in [0, 0.05) is 25.5 Å². The Morgan fingerprint density at radius 1 is 1.33 bits per heavy atom. The second kappa shape index (κ2) is 8.21. The minimum Gasteiger partial charge on any atom is -0.383 e. The maximum atomic E-state index is 12.8. The van der Waals surface area contributed by atoms with Gasteiger partial charge >= 0.3 is 0 Å². The molecular formula is C13H17BrFNO2. The molecule has 100 valence electrons. The normalized spacial score (nSPS) is 10.4. The largest absolute Gasteiger partial charge is 0.383 e. The zero-order valence-electron chi connectivity index (χ0n) is 10.4. The van der Waals surface area contributed by atoms with Crippen molar-refractivity contribution in [2.75, 3.05) is 32.1 Å². The molecule has 0 saturated carbocycles. The van der Waals surface area contributed by atoms with Crippen molar-refractivity contribution in [2.45, 2.75) is 6.42 Å². The first-order chi connectivity index (χ1) is 8.67. The molecule has 0 fully saturated rings. The van der Waals surface area contributed by atoms with Crippen LogP contribution < -0.4 is 0 Å². The van der Waals surface area contributed by atoms with Crippen molar-refractivity contribution < 1.29 is 13.9 Å². The van der Waals surface area contributed by atoms with E-state index in [0.717, 1.165) is 10.9 Å². The number of carbonyl (C=O) groups is 1. The van der Waals surface area contributed by atoms with E-state index in [-0.39, 0.29) is 18.1 Å². The van der Waals surface area contributed by atoms with Gasteiger partial charge in [-0.2, -0.15) is 0 Å². The topological polar surface area (TPSA) is 29.5 Å². The summed E-state index contributed by atoms with van der Waals surface area (Å²) in [6, 6.07) is 6.00. The number of benzene rings is 1. The van der Waals surface area contributed by atoms with E-state index in [9.17, 15) is 9.18 Å². The number of amides is 1. The lowest BCUT2D eigenvalue weighted by Crippen LogP contribution is -2.36. The van der Waals surface area contributed by atoms with Crippen LogP contribution in [0.2, 0.25) is 0 Å². The van der Waals surface area contributed by atoms with Gasteiger partial charge in [-0.3, -0.25) is 4.79 Å². The predicted octanol–water partition coefficient (Wildman–Crippen LogP) is 2.24. The first kappa shape index (κ1) is 15.1. The van der Waals surface area contributed by atoms with E-state index < -0.39 is 0 Å². The minimum atomic E-state index is -0.289. The summed E-state index contributed by atoms with van der Waals surface area (Å²) in [5.74, 6) is -0.263. The molecule has 5 heteroatoms. The molecule has 0 saturated heterocycles. The minimum absolute atomic E-state index is 0.0260. The first-order valence-corrected chi connectivity index (χ1v) is 6.86. The Morgan fingerprint density at radius 3 is 2.56 bits per heavy atom.